The highest BCUT2D eigenvalue weighted by atomic mass is 16.5. The van der Waals surface area contributed by atoms with Gasteiger partial charge in [0.1, 0.15) is 0 Å². The molecule has 1 aromatic rings. The molecule has 2 atom stereocenters. The molecule has 0 amide bonds. The zero-order valence-electron chi connectivity index (χ0n) is 16.1. The largest absolute Gasteiger partial charge is 0.469 e. The lowest BCUT2D eigenvalue weighted by molar-refractivity contribution is -0.145. The van der Waals surface area contributed by atoms with Crippen molar-refractivity contribution in [2.75, 3.05) is 47.0 Å². The number of nitrogens with zero attached hydrogens (tertiary/aromatic N) is 2. The van der Waals surface area contributed by atoms with Crippen LogP contribution < -0.4 is 5.32 Å². The van der Waals surface area contributed by atoms with Crippen molar-refractivity contribution in [2.45, 2.75) is 19.8 Å². The highest BCUT2D eigenvalue weighted by molar-refractivity contribution is 5.82. The summed E-state index contributed by atoms with van der Waals surface area (Å²) in [7, 11) is 3.22. The normalized spacial score (nSPS) is 20.3. The van der Waals surface area contributed by atoms with Crippen molar-refractivity contribution in [1.29, 1.82) is 0 Å². The van der Waals surface area contributed by atoms with Gasteiger partial charge in [-0.25, -0.2) is 0 Å². The summed E-state index contributed by atoms with van der Waals surface area (Å²) in [5, 5.41) is 3.36. The molecule has 1 saturated heterocycles. The number of guanidine groups is 1. The quantitative estimate of drug-likeness (QED) is 0.332. The van der Waals surface area contributed by atoms with Crippen LogP contribution in [0.5, 0.6) is 0 Å². The first-order valence-corrected chi connectivity index (χ1v) is 9.30. The Balaban J connectivity index is 1.61. The first kappa shape index (κ1) is 20.2. The van der Waals surface area contributed by atoms with Gasteiger partial charge in [0.25, 0.3) is 0 Å². The van der Waals surface area contributed by atoms with Crippen LogP contribution in [-0.2, 0) is 20.7 Å². The van der Waals surface area contributed by atoms with E-state index in [0.717, 1.165) is 45.1 Å². The predicted octanol–water partition coefficient (Wildman–Crippen LogP) is 1.95. The lowest BCUT2D eigenvalue weighted by atomic mass is 9.99. The number of ether oxygens (including phenoxy) is 2. The molecule has 0 radical (unpaired) electrons. The molecule has 26 heavy (non-hydrogen) atoms. The molecule has 0 aliphatic carbocycles. The van der Waals surface area contributed by atoms with Crippen LogP contribution in [0.1, 0.15) is 18.9 Å². The van der Waals surface area contributed by atoms with Crippen molar-refractivity contribution in [1.82, 2.24) is 10.2 Å². The van der Waals surface area contributed by atoms with Gasteiger partial charge in [0, 0.05) is 33.3 Å². The third kappa shape index (κ3) is 6.02. The number of aliphatic imine (C=N–C) groups is 1. The number of carbonyl (C=O) groups is 1. The van der Waals surface area contributed by atoms with E-state index in [2.05, 4.69) is 46.4 Å². The number of hydrogen-bond acceptors (Lipinski definition) is 4. The standard InChI is InChI=1S/C20H31N3O3/c1-16-14-23(15-18(16)19(24)25-3)20(21-2)22-11-7-12-26-13-10-17-8-5-4-6-9-17/h4-6,8-9,16,18H,7,10-15H2,1-3H3,(H,21,22). The third-order valence-corrected chi connectivity index (χ3v) is 4.75. The van der Waals surface area contributed by atoms with E-state index in [1.54, 1.807) is 7.05 Å². The van der Waals surface area contributed by atoms with Gasteiger partial charge in [0.2, 0.25) is 0 Å². The summed E-state index contributed by atoms with van der Waals surface area (Å²) in [4.78, 5) is 18.3. The Kier molecular flexibility index (Phi) is 8.41. The molecule has 6 nitrogen and oxygen atoms in total. The number of esters is 1. The second kappa shape index (κ2) is 10.8. The SMILES string of the molecule is CN=C(NCCCOCCc1ccccc1)N1CC(C)C(C(=O)OC)C1. The van der Waals surface area contributed by atoms with Gasteiger partial charge in [0.15, 0.2) is 5.96 Å². The van der Waals surface area contributed by atoms with Crippen LogP contribution >= 0.6 is 0 Å². The second-order valence-electron chi connectivity index (χ2n) is 6.69. The van der Waals surface area contributed by atoms with Crippen LogP contribution in [0.25, 0.3) is 0 Å². The van der Waals surface area contributed by atoms with E-state index < -0.39 is 0 Å². The first-order valence-electron chi connectivity index (χ1n) is 9.30. The molecule has 2 unspecified atom stereocenters. The highest BCUT2D eigenvalue weighted by Crippen LogP contribution is 2.23. The minimum atomic E-state index is -0.137. The number of hydrogen-bond donors (Lipinski definition) is 1. The summed E-state index contributed by atoms with van der Waals surface area (Å²) in [6, 6.07) is 10.4. The Labute approximate surface area is 156 Å². The van der Waals surface area contributed by atoms with Crippen molar-refractivity contribution >= 4 is 11.9 Å². The van der Waals surface area contributed by atoms with Crippen molar-refractivity contribution in [2.24, 2.45) is 16.8 Å². The van der Waals surface area contributed by atoms with Crippen LogP contribution in [0.4, 0.5) is 0 Å². The predicted molar refractivity (Wildman–Crippen MR) is 103 cm³/mol. The molecule has 1 heterocycles. The van der Waals surface area contributed by atoms with Crippen molar-refractivity contribution < 1.29 is 14.3 Å². The Morgan fingerprint density at radius 1 is 1.27 bits per heavy atom. The molecule has 0 bridgehead atoms. The van der Waals surface area contributed by atoms with Gasteiger partial charge >= 0.3 is 5.97 Å². The van der Waals surface area contributed by atoms with Gasteiger partial charge < -0.3 is 19.7 Å². The molecule has 2 rings (SSSR count). The summed E-state index contributed by atoms with van der Waals surface area (Å²) in [5.74, 6) is 0.886. The van der Waals surface area contributed by atoms with Crippen molar-refractivity contribution in [3.63, 3.8) is 0 Å². The molecule has 0 spiro atoms. The van der Waals surface area contributed by atoms with Crippen LogP contribution in [0.2, 0.25) is 0 Å². The number of benzene rings is 1. The maximum atomic E-state index is 11.8. The number of likely N-dealkylation sites (tertiary alicyclic amines) is 1. The average Bonchev–Trinajstić information content (AvgIpc) is 3.05. The first-order chi connectivity index (χ1) is 12.7. The monoisotopic (exact) mass is 361 g/mol. The number of rotatable bonds is 8. The summed E-state index contributed by atoms with van der Waals surface area (Å²) in [5.41, 5.74) is 1.30. The summed E-state index contributed by atoms with van der Waals surface area (Å²) in [6.45, 7) is 5.80. The van der Waals surface area contributed by atoms with Crippen LogP contribution in [-0.4, -0.2) is 63.8 Å². The van der Waals surface area contributed by atoms with E-state index in [1.807, 2.05) is 6.07 Å². The van der Waals surface area contributed by atoms with Crippen molar-refractivity contribution in [3.8, 4) is 0 Å². The number of methoxy groups -OCH3 is 1. The van der Waals surface area contributed by atoms with Crippen LogP contribution in [0.15, 0.2) is 35.3 Å². The van der Waals surface area contributed by atoms with E-state index in [9.17, 15) is 4.79 Å². The Morgan fingerprint density at radius 3 is 2.73 bits per heavy atom. The lowest BCUT2D eigenvalue weighted by Gasteiger charge is -2.21. The number of carbonyl (C=O) groups excluding carboxylic acids is 1. The van der Waals surface area contributed by atoms with Crippen molar-refractivity contribution in [3.05, 3.63) is 35.9 Å². The third-order valence-electron chi connectivity index (χ3n) is 4.75. The molecule has 0 aromatic heterocycles. The molecular weight excluding hydrogens is 330 g/mol. The minimum Gasteiger partial charge on any atom is -0.469 e. The maximum absolute atomic E-state index is 11.8. The van der Waals surface area contributed by atoms with E-state index in [0.29, 0.717) is 6.54 Å². The zero-order valence-corrected chi connectivity index (χ0v) is 16.1. The van der Waals surface area contributed by atoms with E-state index in [1.165, 1.54) is 12.7 Å². The lowest BCUT2D eigenvalue weighted by Crippen LogP contribution is -2.41. The van der Waals surface area contributed by atoms with Gasteiger partial charge in [-0.3, -0.25) is 9.79 Å². The Bertz CT molecular complexity index is 577. The van der Waals surface area contributed by atoms with Crippen LogP contribution in [0, 0.1) is 11.8 Å². The maximum Gasteiger partial charge on any atom is 0.310 e. The van der Waals surface area contributed by atoms with Gasteiger partial charge in [-0.15, -0.1) is 0 Å². The molecule has 1 N–H and O–H groups in total. The molecular formula is C20H31N3O3. The fourth-order valence-electron chi connectivity index (χ4n) is 3.24. The molecule has 1 aliphatic heterocycles. The summed E-state index contributed by atoms with van der Waals surface area (Å²) < 4.78 is 10.6. The van der Waals surface area contributed by atoms with E-state index in [4.69, 9.17) is 9.47 Å². The summed E-state index contributed by atoms with van der Waals surface area (Å²) in [6.07, 6.45) is 1.86. The molecule has 0 saturated carbocycles. The van der Waals surface area contributed by atoms with Gasteiger partial charge in [-0.1, -0.05) is 37.3 Å². The zero-order chi connectivity index (χ0) is 18.8. The molecule has 1 aliphatic rings. The smallest absolute Gasteiger partial charge is 0.310 e. The number of nitrogens with one attached hydrogen (secondary N) is 1. The molecule has 6 heteroatoms. The van der Waals surface area contributed by atoms with E-state index in [-0.39, 0.29) is 17.8 Å². The molecule has 1 fully saturated rings. The minimum absolute atomic E-state index is 0.0835. The topological polar surface area (TPSA) is 63.2 Å². The van der Waals surface area contributed by atoms with Crippen LogP contribution in [0.3, 0.4) is 0 Å². The second-order valence-corrected chi connectivity index (χ2v) is 6.69. The molecule has 1 aromatic carbocycles. The van der Waals surface area contributed by atoms with Gasteiger partial charge in [-0.05, 0) is 24.3 Å². The molecule has 144 valence electrons. The fourth-order valence-corrected chi connectivity index (χ4v) is 3.24. The van der Waals surface area contributed by atoms with E-state index >= 15 is 0 Å². The Morgan fingerprint density at radius 2 is 2.04 bits per heavy atom. The van der Waals surface area contributed by atoms with Gasteiger partial charge in [0.05, 0.1) is 19.6 Å². The Hall–Kier alpha value is -2.08. The highest BCUT2D eigenvalue weighted by Gasteiger charge is 2.36. The fraction of sp³-hybridized carbons (Fsp3) is 0.600. The van der Waals surface area contributed by atoms with Gasteiger partial charge in [-0.2, -0.15) is 0 Å². The summed E-state index contributed by atoms with van der Waals surface area (Å²) >= 11 is 0. The average molecular weight is 361 g/mol.